The Morgan fingerprint density at radius 2 is 1.91 bits per heavy atom. The molecule has 0 N–H and O–H groups in total. The number of fused-ring (bicyclic) bond motifs is 1. The molecule has 0 bridgehead atoms. The summed E-state index contributed by atoms with van der Waals surface area (Å²) in [5.41, 5.74) is 4.88. The smallest absolute Gasteiger partial charge is 0.123 e. The van der Waals surface area contributed by atoms with Crippen LogP contribution < -0.4 is 4.67 Å². The summed E-state index contributed by atoms with van der Waals surface area (Å²) in [6.07, 6.45) is 2.24. The van der Waals surface area contributed by atoms with E-state index in [9.17, 15) is 4.39 Å². The molecule has 0 spiro atoms. The zero-order valence-electron chi connectivity index (χ0n) is 13.2. The van der Waals surface area contributed by atoms with Crippen molar-refractivity contribution in [3.05, 3.63) is 65.0 Å². The Bertz CT molecular complexity index is 751. The highest BCUT2D eigenvalue weighted by Crippen LogP contribution is 2.45. The molecule has 118 valence electrons. The number of nitrogens with zero attached hydrogens (tertiary/aromatic N) is 2. The second-order valence-electron chi connectivity index (χ2n) is 6.50. The van der Waals surface area contributed by atoms with Gasteiger partial charge in [-0.2, -0.15) is 5.26 Å². The van der Waals surface area contributed by atoms with E-state index < -0.39 is 0 Å². The molecule has 1 aliphatic heterocycles. The van der Waals surface area contributed by atoms with Gasteiger partial charge in [-0.05, 0) is 57.1 Å². The molecule has 2 aromatic carbocycles. The first-order valence-electron chi connectivity index (χ1n) is 7.79. The zero-order chi connectivity index (χ0) is 16.4. The highest BCUT2D eigenvalue weighted by molar-refractivity contribution is 7.19. The quantitative estimate of drug-likeness (QED) is 0.769. The third-order valence-corrected chi connectivity index (χ3v) is 5.11. The molecule has 0 radical (unpaired) electrons. The van der Waals surface area contributed by atoms with Crippen molar-refractivity contribution in [1.29, 1.82) is 5.26 Å². The average molecular weight is 326 g/mol. The van der Waals surface area contributed by atoms with Gasteiger partial charge in [-0.1, -0.05) is 31.2 Å². The fraction of sp³-hybridized carbons (Fsp3) is 0.316. The second-order valence-corrected chi connectivity index (χ2v) is 7.12. The topological polar surface area (TPSA) is 27.0 Å². The van der Waals surface area contributed by atoms with E-state index in [2.05, 4.69) is 45.3 Å². The van der Waals surface area contributed by atoms with Gasteiger partial charge in [0.05, 0.1) is 6.07 Å². The number of nitriles is 1. The lowest BCUT2D eigenvalue weighted by Gasteiger charge is -2.23. The van der Waals surface area contributed by atoms with Gasteiger partial charge < -0.3 is 4.67 Å². The van der Waals surface area contributed by atoms with Crippen molar-refractivity contribution in [3.63, 3.8) is 0 Å². The molecular formula is C19H20FN2P. The van der Waals surface area contributed by atoms with Crippen LogP contribution in [0.2, 0.25) is 0 Å². The van der Waals surface area contributed by atoms with Crippen molar-refractivity contribution < 1.29 is 4.39 Å². The van der Waals surface area contributed by atoms with Crippen LogP contribution >= 0.6 is 9.39 Å². The van der Waals surface area contributed by atoms with Crippen molar-refractivity contribution in [2.24, 2.45) is 0 Å². The molecule has 23 heavy (non-hydrogen) atoms. The predicted molar refractivity (Wildman–Crippen MR) is 94.9 cm³/mol. The van der Waals surface area contributed by atoms with E-state index in [1.54, 1.807) is 0 Å². The maximum Gasteiger partial charge on any atom is 0.123 e. The maximum atomic E-state index is 13.0. The number of hydrogen-bond donors (Lipinski definition) is 0. The third kappa shape index (κ3) is 3.23. The minimum atomic E-state index is -0.202. The van der Waals surface area contributed by atoms with Crippen LogP contribution in [-0.4, -0.2) is 6.54 Å². The van der Waals surface area contributed by atoms with Crippen molar-refractivity contribution in [2.75, 3.05) is 11.2 Å². The Morgan fingerprint density at radius 1 is 1.22 bits per heavy atom. The second kappa shape index (κ2) is 6.30. The summed E-state index contributed by atoms with van der Waals surface area (Å²) in [6, 6.07) is 15.5. The first-order valence-corrected chi connectivity index (χ1v) is 8.30. The van der Waals surface area contributed by atoms with Gasteiger partial charge in [0, 0.05) is 24.1 Å². The molecule has 0 saturated heterocycles. The molecule has 1 heterocycles. The van der Waals surface area contributed by atoms with Crippen molar-refractivity contribution in [1.82, 2.24) is 0 Å². The van der Waals surface area contributed by atoms with E-state index in [0.717, 1.165) is 24.9 Å². The minimum absolute atomic E-state index is 0.0290. The van der Waals surface area contributed by atoms with E-state index in [4.69, 9.17) is 5.26 Å². The summed E-state index contributed by atoms with van der Waals surface area (Å²) in [6.45, 7) is 3.14. The summed E-state index contributed by atoms with van der Waals surface area (Å²) >= 11 is 0. The van der Waals surface area contributed by atoms with Crippen molar-refractivity contribution >= 4 is 15.1 Å². The minimum Gasteiger partial charge on any atom is -0.355 e. The van der Waals surface area contributed by atoms with Crippen LogP contribution in [0.25, 0.3) is 0 Å². The molecule has 0 amide bonds. The monoisotopic (exact) mass is 326 g/mol. The van der Waals surface area contributed by atoms with Crippen LogP contribution in [-0.2, 0) is 11.8 Å². The van der Waals surface area contributed by atoms with Crippen LogP contribution in [0.15, 0.2) is 42.5 Å². The molecule has 0 fully saturated rings. The van der Waals surface area contributed by atoms with Crippen LogP contribution in [0.1, 0.15) is 36.5 Å². The molecule has 0 aromatic heterocycles. The van der Waals surface area contributed by atoms with Crippen LogP contribution in [0.4, 0.5) is 10.1 Å². The molecule has 2 atom stereocenters. The first kappa shape index (κ1) is 16.0. The van der Waals surface area contributed by atoms with Crippen LogP contribution in [0, 0.1) is 17.1 Å². The van der Waals surface area contributed by atoms with Crippen molar-refractivity contribution in [2.45, 2.75) is 31.6 Å². The van der Waals surface area contributed by atoms with Gasteiger partial charge in [0.1, 0.15) is 5.82 Å². The van der Waals surface area contributed by atoms with E-state index in [-0.39, 0.29) is 11.2 Å². The largest absolute Gasteiger partial charge is 0.355 e. The fourth-order valence-electron chi connectivity index (χ4n) is 3.36. The molecule has 2 aromatic rings. The molecule has 0 saturated carbocycles. The van der Waals surface area contributed by atoms with Gasteiger partial charge in [0.25, 0.3) is 0 Å². The number of hydrogen-bond acceptors (Lipinski definition) is 2. The highest BCUT2D eigenvalue weighted by Gasteiger charge is 2.37. The molecule has 0 aliphatic carbocycles. The number of benzene rings is 2. The molecule has 2 nitrogen and oxygen atoms in total. The molecule has 1 aliphatic rings. The van der Waals surface area contributed by atoms with Crippen molar-refractivity contribution in [3.8, 4) is 6.07 Å². The number of anilines is 1. The Balaban J connectivity index is 1.86. The van der Waals surface area contributed by atoms with Gasteiger partial charge in [-0.25, -0.2) is 4.39 Å². The lowest BCUT2D eigenvalue weighted by molar-refractivity contribution is 0.478. The molecule has 2 unspecified atom stereocenters. The van der Waals surface area contributed by atoms with Crippen LogP contribution in [0.5, 0.6) is 0 Å². The summed E-state index contributed by atoms with van der Waals surface area (Å²) in [4.78, 5) is 0. The summed E-state index contributed by atoms with van der Waals surface area (Å²) in [5.74, 6) is -0.202. The Labute approximate surface area is 139 Å². The highest BCUT2D eigenvalue weighted by atomic mass is 31.0. The van der Waals surface area contributed by atoms with E-state index in [1.165, 1.54) is 28.9 Å². The van der Waals surface area contributed by atoms with Crippen LogP contribution in [0.3, 0.4) is 0 Å². The predicted octanol–water partition coefficient (Wildman–Crippen LogP) is 4.59. The Kier molecular flexibility index (Phi) is 4.37. The standard InChI is InChI=1S/C19H20FN2P/c1-19(9-2-10-21)13-22(23)18-12-15(5-8-17(18)19)11-14-3-6-16(20)7-4-14/h3-8,12H,2,9,11,13,23H2,1H3. The zero-order valence-corrected chi connectivity index (χ0v) is 14.4. The third-order valence-electron chi connectivity index (χ3n) is 4.65. The summed E-state index contributed by atoms with van der Waals surface area (Å²) < 4.78 is 15.2. The van der Waals surface area contributed by atoms with E-state index in [0.29, 0.717) is 6.42 Å². The SMILES string of the molecule is CC1(CCC#N)CN(P)c2cc(Cc3ccc(F)cc3)ccc21. The number of rotatable bonds is 4. The number of halogens is 1. The van der Waals surface area contributed by atoms with Gasteiger partial charge in [-0.15, -0.1) is 0 Å². The van der Waals surface area contributed by atoms with E-state index in [1.807, 2.05) is 12.1 Å². The van der Waals surface area contributed by atoms with E-state index >= 15 is 0 Å². The lowest BCUT2D eigenvalue weighted by Crippen LogP contribution is -2.26. The Morgan fingerprint density at radius 3 is 2.61 bits per heavy atom. The maximum absolute atomic E-state index is 13.0. The molecular weight excluding hydrogens is 306 g/mol. The average Bonchev–Trinajstić information content (AvgIpc) is 2.79. The lowest BCUT2D eigenvalue weighted by atomic mass is 9.80. The van der Waals surface area contributed by atoms with Gasteiger partial charge >= 0.3 is 0 Å². The normalized spacial score (nSPS) is 19.5. The fourth-order valence-corrected chi connectivity index (χ4v) is 3.98. The Hall–Kier alpha value is -1.91. The van der Waals surface area contributed by atoms with Gasteiger partial charge in [-0.3, -0.25) is 0 Å². The van der Waals surface area contributed by atoms with Gasteiger partial charge in [0.15, 0.2) is 0 Å². The van der Waals surface area contributed by atoms with Gasteiger partial charge in [0.2, 0.25) is 0 Å². The first-order chi connectivity index (χ1) is 11.0. The summed E-state index contributed by atoms with van der Waals surface area (Å²) in [7, 11) is 2.79. The molecule has 3 rings (SSSR count). The summed E-state index contributed by atoms with van der Waals surface area (Å²) in [5, 5.41) is 8.89. The molecule has 4 heteroatoms.